The lowest BCUT2D eigenvalue weighted by atomic mass is 9.99. The molecule has 1 aromatic heterocycles. The zero-order valence-electron chi connectivity index (χ0n) is 15.4. The average Bonchev–Trinajstić information content (AvgIpc) is 2.58. The van der Waals surface area contributed by atoms with Gasteiger partial charge in [0.1, 0.15) is 11.4 Å². The molecule has 0 spiro atoms. The van der Waals surface area contributed by atoms with E-state index in [-0.39, 0.29) is 29.4 Å². The summed E-state index contributed by atoms with van der Waals surface area (Å²) in [5, 5.41) is 0. The van der Waals surface area contributed by atoms with Crippen molar-refractivity contribution in [2.75, 3.05) is 6.61 Å². The molecule has 1 heterocycles. The number of nitrogens with zero attached hydrogens (tertiary/aromatic N) is 1. The van der Waals surface area contributed by atoms with E-state index in [9.17, 15) is 22.0 Å². The van der Waals surface area contributed by atoms with E-state index in [0.717, 1.165) is 24.8 Å². The highest BCUT2D eigenvalue weighted by Gasteiger charge is 2.35. The van der Waals surface area contributed by atoms with Crippen molar-refractivity contribution in [1.82, 2.24) is 4.98 Å². The zero-order valence-corrected chi connectivity index (χ0v) is 15.4. The van der Waals surface area contributed by atoms with Crippen LogP contribution in [0.2, 0.25) is 0 Å². The van der Waals surface area contributed by atoms with Gasteiger partial charge in [-0.15, -0.1) is 0 Å². The molecule has 0 aliphatic carbocycles. The Balaban J connectivity index is 2.32. The maximum absolute atomic E-state index is 13.5. The lowest BCUT2D eigenvalue weighted by molar-refractivity contribution is -0.139. The molecule has 148 valence electrons. The third-order valence-corrected chi connectivity index (χ3v) is 4.02. The molecule has 0 aliphatic heterocycles. The van der Waals surface area contributed by atoms with Crippen LogP contribution in [-0.2, 0) is 6.18 Å². The van der Waals surface area contributed by atoms with Crippen LogP contribution in [0.15, 0.2) is 36.5 Å². The Bertz CT molecular complexity index is 758. The third kappa shape index (κ3) is 5.91. The van der Waals surface area contributed by atoms with E-state index >= 15 is 0 Å². The summed E-state index contributed by atoms with van der Waals surface area (Å²) in [5.41, 5.74) is -0.990. The molecule has 0 amide bonds. The molecule has 2 nitrogen and oxygen atoms in total. The summed E-state index contributed by atoms with van der Waals surface area (Å²) in [6.07, 6.45) is -5.42. The molecule has 0 aliphatic rings. The van der Waals surface area contributed by atoms with Crippen molar-refractivity contribution in [2.24, 2.45) is 11.8 Å². The normalized spacial score (nSPS) is 13.3. The van der Waals surface area contributed by atoms with Gasteiger partial charge in [0.15, 0.2) is 0 Å². The lowest BCUT2D eigenvalue weighted by Gasteiger charge is -2.19. The quantitative estimate of drug-likeness (QED) is 0.489. The molecule has 0 fully saturated rings. The summed E-state index contributed by atoms with van der Waals surface area (Å²) in [6.45, 7) is 6.17. The van der Waals surface area contributed by atoms with Crippen LogP contribution >= 0.6 is 0 Å². The van der Waals surface area contributed by atoms with Crippen molar-refractivity contribution in [3.05, 3.63) is 47.8 Å². The Hall–Kier alpha value is -2.18. The van der Waals surface area contributed by atoms with Gasteiger partial charge in [-0.1, -0.05) is 26.8 Å². The van der Waals surface area contributed by atoms with Gasteiger partial charge < -0.3 is 4.74 Å². The highest BCUT2D eigenvalue weighted by Crippen LogP contribution is 2.39. The summed E-state index contributed by atoms with van der Waals surface area (Å²) in [4.78, 5) is 3.53. The molecule has 0 N–H and O–H groups in total. The van der Waals surface area contributed by atoms with E-state index < -0.39 is 23.9 Å². The van der Waals surface area contributed by atoms with Crippen molar-refractivity contribution in [3.8, 4) is 16.9 Å². The summed E-state index contributed by atoms with van der Waals surface area (Å²) >= 11 is 0. The second-order valence-corrected chi connectivity index (χ2v) is 7.02. The van der Waals surface area contributed by atoms with Gasteiger partial charge >= 0.3 is 6.18 Å². The first kappa shape index (κ1) is 21.1. The standard InChI is InChI=1S/C20H22F5NO/c1-12(2)8-13(3)11-27-18-5-4-14(9-16(18)20(23,24)25)15-6-7-26-17(10-15)19(21)22/h4-7,9-10,12-13,19H,8,11H2,1-3H3. The summed E-state index contributed by atoms with van der Waals surface area (Å²) < 4.78 is 71.4. The fourth-order valence-electron chi connectivity index (χ4n) is 2.91. The Labute approximate surface area is 155 Å². The van der Waals surface area contributed by atoms with Gasteiger partial charge in [-0.3, -0.25) is 4.98 Å². The number of pyridine rings is 1. The van der Waals surface area contributed by atoms with Crippen LogP contribution in [-0.4, -0.2) is 11.6 Å². The number of hydrogen-bond acceptors (Lipinski definition) is 2. The number of ether oxygens (including phenoxy) is 1. The van der Waals surface area contributed by atoms with Crippen LogP contribution < -0.4 is 4.74 Å². The number of benzene rings is 1. The molecule has 0 saturated heterocycles. The second kappa shape index (κ2) is 8.67. The lowest BCUT2D eigenvalue weighted by Crippen LogP contribution is -2.14. The summed E-state index contributed by atoms with van der Waals surface area (Å²) in [7, 11) is 0. The first-order valence-electron chi connectivity index (χ1n) is 8.66. The van der Waals surface area contributed by atoms with Crippen molar-refractivity contribution >= 4 is 0 Å². The maximum Gasteiger partial charge on any atom is 0.419 e. The molecule has 0 saturated carbocycles. The van der Waals surface area contributed by atoms with E-state index in [0.29, 0.717) is 5.92 Å². The molecule has 1 aromatic carbocycles. The number of rotatable bonds is 7. The van der Waals surface area contributed by atoms with Crippen molar-refractivity contribution in [1.29, 1.82) is 0 Å². The summed E-state index contributed by atoms with van der Waals surface area (Å²) in [5.74, 6) is 0.272. The van der Waals surface area contributed by atoms with Gasteiger partial charge in [-0.25, -0.2) is 8.78 Å². The smallest absolute Gasteiger partial charge is 0.419 e. The van der Waals surface area contributed by atoms with E-state index in [1.807, 2.05) is 20.8 Å². The Morgan fingerprint density at radius 2 is 1.67 bits per heavy atom. The van der Waals surface area contributed by atoms with Gasteiger partial charge in [0.05, 0.1) is 12.2 Å². The van der Waals surface area contributed by atoms with Gasteiger partial charge in [-0.2, -0.15) is 13.2 Å². The van der Waals surface area contributed by atoms with Crippen molar-refractivity contribution in [2.45, 2.75) is 39.8 Å². The number of halogens is 5. The Kier molecular flexibility index (Phi) is 6.78. The van der Waals surface area contributed by atoms with Crippen molar-refractivity contribution in [3.63, 3.8) is 0 Å². The molecule has 1 atom stereocenters. The molecular weight excluding hydrogens is 365 g/mol. The average molecular weight is 387 g/mol. The topological polar surface area (TPSA) is 22.1 Å². The largest absolute Gasteiger partial charge is 0.493 e. The third-order valence-electron chi connectivity index (χ3n) is 4.02. The van der Waals surface area contributed by atoms with Crippen LogP contribution in [0.5, 0.6) is 5.75 Å². The first-order valence-corrected chi connectivity index (χ1v) is 8.66. The van der Waals surface area contributed by atoms with Crippen LogP contribution in [0.3, 0.4) is 0 Å². The van der Waals surface area contributed by atoms with Gasteiger partial charge in [0.2, 0.25) is 0 Å². The fraction of sp³-hybridized carbons (Fsp3) is 0.450. The van der Waals surface area contributed by atoms with Crippen LogP contribution in [0.4, 0.5) is 22.0 Å². The van der Waals surface area contributed by atoms with E-state index in [1.54, 1.807) is 0 Å². The van der Waals surface area contributed by atoms with Gasteiger partial charge in [0.25, 0.3) is 6.43 Å². The Morgan fingerprint density at radius 3 is 2.26 bits per heavy atom. The van der Waals surface area contributed by atoms with E-state index in [2.05, 4.69) is 4.98 Å². The number of alkyl halides is 5. The predicted octanol–water partition coefficient (Wildman–Crippen LogP) is 6.77. The maximum atomic E-state index is 13.5. The Morgan fingerprint density at radius 1 is 1.00 bits per heavy atom. The van der Waals surface area contributed by atoms with Gasteiger partial charge in [-0.05, 0) is 53.6 Å². The molecule has 1 unspecified atom stereocenters. The van der Waals surface area contributed by atoms with Gasteiger partial charge in [0, 0.05) is 6.20 Å². The number of aromatic nitrogens is 1. The van der Waals surface area contributed by atoms with E-state index in [4.69, 9.17) is 4.74 Å². The highest BCUT2D eigenvalue weighted by molar-refractivity contribution is 5.66. The fourth-order valence-corrected chi connectivity index (χ4v) is 2.91. The minimum Gasteiger partial charge on any atom is -0.493 e. The molecule has 0 radical (unpaired) electrons. The molecule has 2 aromatic rings. The molecule has 7 heteroatoms. The monoisotopic (exact) mass is 387 g/mol. The van der Waals surface area contributed by atoms with Crippen molar-refractivity contribution < 1.29 is 26.7 Å². The van der Waals surface area contributed by atoms with Crippen LogP contribution in [0.25, 0.3) is 11.1 Å². The minimum atomic E-state index is -4.62. The van der Waals surface area contributed by atoms with Crippen LogP contribution in [0.1, 0.15) is 44.9 Å². The molecule has 27 heavy (non-hydrogen) atoms. The SMILES string of the molecule is CC(C)CC(C)COc1ccc(-c2ccnc(C(F)F)c2)cc1C(F)(F)F. The molecule has 0 bridgehead atoms. The van der Waals surface area contributed by atoms with Crippen LogP contribution in [0, 0.1) is 11.8 Å². The highest BCUT2D eigenvalue weighted by atomic mass is 19.4. The molecular formula is C20H22F5NO. The molecule has 2 rings (SSSR count). The second-order valence-electron chi connectivity index (χ2n) is 7.02. The zero-order chi connectivity index (χ0) is 20.2. The number of hydrogen-bond donors (Lipinski definition) is 0. The first-order chi connectivity index (χ1) is 12.6. The predicted molar refractivity (Wildman–Crippen MR) is 93.7 cm³/mol. The summed E-state index contributed by atoms with van der Waals surface area (Å²) in [6, 6.07) is 6.08. The minimum absolute atomic E-state index is 0.111. The van der Waals surface area contributed by atoms with E-state index in [1.165, 1.54) is 18.2 Å².